The van der Waals surface area contributed by atoms with Gasteiger partial charge in [0.25, 0.3) is 11.1 Å². The van der Waals surface area contributed by atoms with Gasteiger partial charge in [0.05, 0.1) is 12.0 Å². The van der Waals surface area contributed by atoms with E-state index in [2.05, 4.69) is 0 Å². The number of hydrogen-bond acceptors (Lipinski definition) is 5. The van der Waals surface area contributed by atoms with Gasteiger partial charge >= 0.3 is 5.97 Å². The van der Waals surface area contributed by atoms with Gasteiger partial charge in [0.1, 0.15) is 12.3 Å². The molecule has 2 aromatic rings. The monoisotopic (exact) mass is 343 g/mol. The minimum Gasteiger partial charge on any atom is -0.496 e. The molecule has 6 nitrogen and oxygen atoms in total. The molecule has 3 rings (SSSR count). The van der Waals surface area contributed by atoms with Gasteiger partial charge in [0.15, 0.2) is 0 Å². The van der Waals surface area contributed by atoms with Crippen LogP contribution in [0.15, 0.2) is 41.3 Å². The van der Waals surface area contributed by atoms with Gasteiger partial charge in [-0.25, -0.2) is 0 Å². The summed E-state index contributed by atoms with van der Waals surface area (Å²) >= 11 is 0.726. The van der Waals surface area contributed by atoms with Crippen molar-refractivity contribution in [2.45, 2.75) is 0 Å². The van der Waals surface area contributed by atoms with Crippen LogP contribution in [0, 0.1) is 0 Å². The number of methoxy groups -OCH3 is 1. The van der Waals surface area contributed by atoms with E-state index in [0.717, 1.165) is 27.4 Å². The summed E-state index contributed by atoms with van der Waals surface area (Å²) in [6, 6.07) is 11.3. The Morgan fingerprint density at radius 1 is 1.25 bits per heavy atom. The highest BCUT2D eigenvalue weighted by Crippen LogP contribution is 2.36. The third kappa shape index (κ3) is 2.85. The maximum atomic E-state index is 12.3. The van der Waals surface area contributed by atoms with Gasteiger partial charge in [-0.05, 0) is 34.7 Å². The number of aliphatic carboxylic acids is 1. The number of fused-ring (bicyclic) bond motifs is 1. The number of rotatable bonds is 4. The highest BCUT2D eigenvalue weighted by atomic mass is 32.2. The Bertz CT molecular complexity index is 890. The minimum atomic E-state index is -1.23. The molecule has 0 aromatic heterocycles. The SMILES string of the molecule is COc1ccc2ccccc2c1/C=C1\SC(=O)N(CC(=O)O)C1=O. The molecule has 2 amide bonds. The molecule has 1 saturated heterocycles. The average Bonchev–Trinajstić information content (AvgIpc) is 2.82. The number of imide groups is 1. The average molecular weight is 343 g/mol. The molecule has 2 aromatic carbocycles. The number of carboxylic acids is 1. The van der Waals surface area contributed by atoms with Crippen LogP contribution in [-0.2, 0) is 9.59 Å². The van der Waals surface area contributed by atoms with Gasteiger partial charge in [-0.1, -0.05) is 30.3 Å². The first kappa shape index (κ1) is 16.1. The summed E-state index contributed by atoms with van der Waals surface area (Å²) in [7, 11) is 1.53. The van der Waals surface area contributed by atoms with Crippen LogP contribution in [0.2, 0.25) is 0 Å². The van der Waals surface area contributed by atoms with Gasteiger partial charge in [0, 0.05) is 5.56 Å². The van der Waals surface area contributed by atoms with Crippen molar-refractivity contribution >= 4 is 45.7 Å². The number of carboxylic acid groups (broad SMARTS) is 1. The molecule has 24 heavy (non-hydrogen) atoms. The molecule has 122 valence electrons. The highest BCUT2D eigenvalue weighted by molar-refractivity contribution is 8.18. The van der Waals surface area contributed by atoms with Gasteiger partial charge < -0.3 is 9.84 Å². The van der Waals surface area contributed by atoms with Crippen molar-refractivity contribution < 1.29 is 24.2 Å². The van der Waals surface area contributed by atoms with Crippen molar-refractivity contribution in [1.82, 2.24) is 4.90 Å². The molecule has 1 fully saturated rings. The quantitative estimate of drug-likeness (QED) is 0.859. The van der Waals surface area contributed by atoms with Gasteiger partial charge in [-0.3, -0.25) is 19.3 Å². The van der Waals surface area contributed by atoms with Crippen LogP contribution in [0.4, 0.5) is 4.79 Å². The summed E-state index contributed by atoms with van der Waals surface area (Å²) in [4.78, 5) is 35.9. The number of carbonyl (C=O) groups is 3. The number of thioether (sulfide) groups is 1. The first-order chi connectivity index (χ1) is 11.5. The second-order valence-electron chi connectivity index (χ2n) is 5.06. The molecule has 0 aliphatic carbocycles. The largest absolute Gasteiger partial charge is 0.496 e. The maximum Gasteiger partial charge on any atom is 0.323 e. The summed E-state index contributed by atoms with van der Waals surface area (Å²) < 4.78 is 5.36. The molecule has 0 atom stereocenters. The molecular formula is C17H13NO5S. The molecule has 1 aliphatic rings. The predicted octanol–water partition coefficient (Wildman–Crippen LogP) is 2.97. The van der Waals surface area contributed by atoms with Crippen LogP contribution in [0.3, 0.4) is 0 Å². The molecule has 1 aliphatic heterocycles. The molecule has 0 bridgehead atoms. The predicted molar refractivity (Wildman–Crippen MR) is 90.8 cm³/mol. The Morgan fingerprint density at radius 3 is 2.71 bits per heavy atom. The Hall–Kier alpha value is -2.80. The fourth-order valence-electron chi connectivity index (χ4n) is 2.51. The Balaban J connectivity index is 2.09. The smallest absolute Gasteiger partial charge is 0.323 e. The Kier molecular flexibility index (Phi) is 4.26. The number of hydrogen-bond donors (Lipinski definition) is 1. The van der Waals surface area contributed by atoms with Crippen LogP contribution < -0.4 is 4.74 Å². The van der Waals surface area contributed by atoms with Crippen LogP contribution >= 0.6 is 11.8 Å². The molecule has 1 heterocycles. The van der Waals surface area contributed by atoms with Crippen molar-refractivity contribution in [3.05, 3.63) is 46.9 Å². The summed E-state index contributed by atoms with van der Waals surface area (Å²) in [6.07, 6.45) is 1.58. The van der Waals surface area contributed by atoms with E-state index < -0.39 is 23.7 Å². The van der Waals surface area contributed by atoms with Crippen molar-refractivity contribution in [3.63, 3.8) is 0 Å². The number of ether oxygens (including phenoxy) is 1. The second kappa shape index (κ2) is 6.37. The van der Waals surface area contributed by atoms with E-state index in [1.165, 1.54) is 7.11 Å². The van der Waals surface area contributed by atoms with Crippen molar-refractivity contribution in [2.24, 2.45) is 0 Å². The third-order valence-corrected chi connectivity index (χ3v) is 4.50. The number of carbonyl (C=O) groups excluding carboxylic acids is 2. The first-order valence-corrected chi connectivity index (χ1v) is 7.86. The first-order valence-electron chi connectivity index (χ1n) is 7.04. The summed E-state index contributed by atoms with van der Waals surface area (Å²) in [6.45, 7) is -0.644. The zero-order valence-corrected chi connectivity index (χ0v) is 13.5. The molecular weight excluding hydrogens is 330 g/mol. The summed E-state index contributed by atoms with van der Waals surface area (Å²) in [5.74, 6) is -1.28. The van der Waals surface area contributed by atoms with Crippen LogP contribution in [-0.4, -0.2) is 40.8 Å². The normalized spacial score (nSPS) is 16.2. The lowest BCUT2D eigenvalue weighted by Crippen LogP contribution is -2.33. The van der Waals surface area contributed by atoms with Crippen LogP contribution in [0.1, 0.15) is 5.56 Å². The van der Waals surface area contributed by atoms with Crippen molar-refractivity contribution in [3.8, 4) is 5.75 Å². The van der Waals surface area contributed by atoms with Crippen LogP contribution in [0.25, 0.3) is 16.8 Å². The Labute approximate surface area is 141 Å². The van der Waals surface area contributed by atoms with Crippen LogP contribution in [0.5, 0.6) is 5.75 Å². The van der Waals surface area contributed by atoms with E-state index in [1.807, 2.05) is 30.3 Å². The second-order valence-corrected chi connectivity index (χ2v) is 6.06. The van der Waals surface area contributed by atoms with Gasteiger partial charge in [-0.2, -0.15) is 0 Å². The number of amides is 2. The van der Waals surface area contributed by atoms with Crippen molar-refractivity contribution in [2.75, 3.05) is 13.7 Å². The van der Waals surface area contributed by atoms with E-state index in [1.54, 1.807) is 12.1 Å². The summed E-state index contributed by atoms with van der Waals surface area (Å²) in [5.41, 5.74) is 0.677. The number of nitrogens with zero attached hydrogens (tertiary/aromatic N) is 1. The Morgan fingerprint density at radius 2 is 2.00 bits per heavy atom. The molecule has 0 unspecified atom stereocenters. The zero-order valence-electron chi connectivity index (χ0n) is 12.7. The molecule has 0 spiro atoms. The fraction of sp³-hybridized carbons (Fsp3) is 0.118. The molecule has 0 radical (unpaired) electrons. The maximum absolute atomic E-state index is 12.3. The van der Waals surface area contributed by atoms with E-state index in [9.17, 15) is 14.4 Å². The lowest BCUT2D eigenvalue weighted by atomic mass is 10.0. The molecule has 0 saturated carbocycles. The highest BCUT2D eigenvalue weighted by Gasteiger charge is 2.36. The van der Waals surface area contributed by atoms with Crippen molar-refractivity contribution in [1.29, 1.82) is 0 Å². The minimum absolute atomic E-state index is 0.177. The third-order valence-electron chi connectivity index (χ3n) is 3.59. The number of benzene rings is 2. The van der Waals surface area contributed by atoms with E-state index in [0.29, 0.717) is 11.3 Å². The topological polar surface area (TPSA) is 83.9 Å². The van der Waals surface area contributed by atoms with E-state index >= 15 is 0 Å². The standard InChI is InChI=1S/C17H13NO5S/c1-23-13-7-6-10-4-2-3-5-11(10)12(13)8-14-16(21)18(9-15(19)20)17(22)24-14/h2-8H,9H2,1H3,(H,19,20)/b14-8-. The van der Waals surface area contributed by atoms with Gasteiger partial charge in [0.2, 0.25) is 0 Å². The zero-order chi connectivity index (χ0) is 17.3. The van der Waals surface area contributed by atoms with E-state index in [-0.39, 0.29) is 4.91 Å². The lowest BCUT2D eigenvalue weighted by molar-refractivity contribution is -0.140. The van der Waals surface area contributed by atoms with E-state index in [4.69, 9.17) is 9.84 Å². The van der Waals surface area contributed by atoms with Gasteiger partial charge in [-0.15, -0.1) is 0 Å². The molecule has 7 heteroatoms. The fourth-order valence-corrected chi connectivity index (χ4v) is 3.33. The molecule has 1 N–H and O–H groups in total. The summed E-state index contributed by atoms with van der Waals surface area (Å²) in [5, 5.41) is 10.1. The lowest BCUT2D eigenvalue weighted by Gasteiger charge is -2.10.